The first-order valence-corrected chi connectivity index (χ1v) is 8.42. The van der Waals surface area contributed by atoms with E-state index in [1.807, 2.05) is 13.8 Å². The monoisotopic (exact) mass is 312 g/mol. The minimum Gasteiger partial charge on any atom is -0.369 e. The van der Waals surface area contributed by atoms with Gasteiger partial charge in [0.1, 0.15) is 15.7 Å². The molecule has 20 heavy (non-hydrogen) atoms. The van der Waals surface area contributed by atoms with Crippen LogP contribution in [0.15, 0.2) is 29.4 Å². The summed E-state index contributed by atoms with van der Waals surface area (Å²) >= 11 is 1.47. The third kappa shape index (κ3) is 3.53. The van der Waals surface area contributed by atoms with Crippen molar-refractivity contribution < 1.29 is 8.42 Å². The molecule has 2 rings (SSSR count). The summed E-state index contributed by atoms with van der Waals surface area (Å²) in [4.78, 5) is 9.38. The van der Waals surface area contributed by atoms with Crippen molar-refractivity contribution in [2.24, 2.45) is 0 Å². The van der Waals surface area contributed by atoms with Crippen molar-refractivity contribution in [1.29, 1.82) is 0 Å². The molecule has 0 radical (unpaired) electrons. The predicted octanol–water partition coefficient (Wildman–Crippen LogP) is 1.76. The first-order chi connectivity index (χ1) is 9.53. The van der Waals surface area contributed by atoms with E-state index in [0.29, 0.717) is 12.4 Å². The molecule has 0 saturated carbocycles. The van der Waals surface area contributed by atoms with Crippen LogP contribution in [0.3, 0.4) is 0 Å². The lowest BCUT2D eigenvalue weighted by atomic mass is 10.4. The lowest BCUT2D eigenvalue weighted by Gasteiger charge is -2.10. The largest absolute Gasteiger partial charge is 0.369 e. The van der Waals surface area contributed by atoms with Crippen LogP contribution in [0.25, 0.3) is 0 Å². The minimum atomic E-state index is -3.61. The fourth-order valence-corrected chi connectivity index (χ4v) is 3.56. The predicted molar refractivity (Wildman–Crippen MR) is 79.3 cm³/mol. The molecule has 2 heterocycles. The SMILES string of the molecule is CCNc1ncccc1S(=O)(=O)NCc1ncc(C)s1. The number of aromatic nitrogens is 2. The number of nitrogens with zero attached hydrogens (tertiary/aromatic N) is 2. The molecule has 0 saturated heterocycles. The quantitative estimate of drug-likeness (QED) is 0.849. The Bertz CT molecular complexity index is 682. The van der Waals surface area contributed by atoms with Crippen molar-refractivity contribution in [3.63, 3.8) is 0 Å². The number of sulfonamides is 1. The number of pyridine rings is 1. The molecule has 2 aromatic rings. The van der Waals surface area contributed by atoms with Crippen LogP contribution >= 0.6 is 11.3 Å². The van der Waals surface area contributed by atoms with E-state index in [9.17, 15) is 8.42 Å². The molecule has 0 aliphatic rings. The summed E-state index contributed by atoms with van der Waals surface area (Å²) < 4.78 is 27.1. The van der Waals surface area contributed by atoms with Crippen LogP contribution in [0.2, 0.25) is 0 Å². The molecule has 2 N–H and O–H groups in total. The normalized spacial score (nSPS) is 11.5. The van der Waals surface area contributed by atoms with Crippen LogP contribution in [0.4, 0.5) is 5.82 Å². The molecule has 0 aromatic carbocycles. The fourth-order valence-electron chi connectivity index (χ4n) is 1.63. The molecule has 0 amide bonds. The Morgan fingerprint density at radius 1 is 1.35 bits per heavy atom. The second kappa shape index (κ2) is 6.29. The average Bonchev–Trinajstić information content (AvgIpc) is 2.83. The van der Waals surface area contributed by atoms with E-state index in [0.717, 1.165) is 9.88 Å². The lowest BCUT2D eigenvalue weighted by molar-refractivity contribution is 0.581. The highest BCUT2D eigenvalue weighted by Gasteiger charge is 2.19. The Balaban J connectivity index is 2.18. The Hall–Kier alpha value is -1.51. The second-order valence-electron chi connectivity index (χ2n) is 4.07. The van der Waals surface area contributed by atoms with Gasteiger partial charge in [-0.05, 0) is 26.0 Å². The van der Waals surface area contributed by atoms with E-state index < -0.39 is 10.0 Å². The molecule has 108 valence electrons. The van der Waals surface area contributed by atoms with Crippen molar-refractivity contribution in [3.05, 3.63) is 34.4 Å². The average molecular weight is 312 g/mol. The van der Waals surface area contributed by atoms with Crippen molar-refractivity contribution >= 4 is 27.2 Å². The summed E-state index contributed by atoms with van der Waals surface area (Å²) in [6.45, 7) is 4.60. The van der Waals surface area contributed by atoms with Crippen LogP contribution in [0.5, 0.6) is 0 Å². The lowest BCUT2D eigenvalue weighted by Crippen LogP contribution is -2.24. The first-order valence-electron chi connectivity index (χ1n) is 6.13. The Morgan fingerprint density at radius 2 is 2.15 bits per heavy atom. The Kier molecular flexibility index (Phi) is 4.69. The third-order valence-corrected chi connectivity index (χ3v) is 4.83. The van der Waals surface area contributed by atoms with E-state index in [2.05, 4.69) is 20.0 Å². The van der Waals surface area contributed by atoms with Crippen LogP contribution in [-0.4, -0.2) is 24.9 Å². The van der Waals surface area contributed by atoms with Gasteiger partial charge in [-0.2, -0.15) is 0 Å². The van der Waals surface area contributed by atoms with Crippen molar-refractivity contribution in [2.75, 3.05) is 11.9 Å². The van der Waals surface area contributed by atoms with Crippen molar-refractivity contribution in [3.8, 4) is 0 Å². The number of hydrogen-bond acceptors (Lipinski definition) is 6. The van der Waals surface area contributed by atoms with Gasteiger partial charge in [0.05, 0.1) is 6.54 Å². The molecular formula is C12H16N4O2S2. The summed E-state index contributed by atoms with van der Waals surface area (Å²) in [6.07, 6.45) is 3.28. The smallest absolute Gasteiger partial charge is 0.244 e. The van der Waals surface area contributed by atoms with E-state index in [1.165, 1.54) is 17.4 Å². The van der Waals surface area contributed by atoms with E-state index in [1.54, 1.807) is 18.5 Å². The highest BCUT2D eigenvalue weighted by atomic mass is 32.2. The maximum atomic E-state index is 12.3. The fraction of sp³-hybridized carbons (Fsp3) is 0.333. The molecule has 0 fully saturated rings. The van der Waals surface area contributed by atoms with E-state index in [4.69, 9.17) is 0 Å². The van der Waals surface area contributed by atoms with Crippen LogP contribution in [0, 0.1) is 6.92 Å². The van der Waals surface area contributed by atoms with Gasteiger partial charge in [-0.25, -0.2) is 23.1 Å². The number of anilines is 1. The second-order valence-corrected chi connectivity index (χ2v) is 7.12. The zero-order valence-electron chi connectivity index (χ0n) is 11.3. The van der Waals surface area contributed by atoms with Crippen LogP contribution < -0.4 is 10.0 Å². The summed E-state index contributed by atoms with van der Waals surface area (Å²) in [5.74, 6) is 0.359. The number of nitrogens with one attached hydrogen (secondary N) is 2. The standard InChI is InChI=1S/C12H16N4O2S2/c1-3-13-12-10(5-4-6-14-12)20(17,18)16-8-11-15-7-9(2)19-11/h4-7,16H,3,8H2,1-2H3,(H,13,14). The maximum Gasteiger partial charge on any atom is 0.244 e. The molecular weight excluding hydrogens is 296 g/mol. The zero-order chi connectivity index (χ0) is 14.6. The van der Waals surface area contributed by atoms with E-state index in [-0.39, 0.29) is 11.4 Å². The molecule has 0 aliphatic carbocycles. The molecule has 0 aliphatic heterocycles. The van der Waals surface area contributed by atoms with Gasteiger partial charge >= 0.3 is 0 Å². The van der Waals surface area contributed by atoms with Crippen molar-refractivity contribution in [1.82, 2.24) is 14.7 Å². The molecule has 0 unspecified atom stereocenters. The Morgan fingerprint density at radius 3 is 2.80 bits per heavy atom. The topological polar surface area (TPSA) is 84.0 Å². The van der Waals surface area contributed by atoms with Crippen LogP contribution in [0.1, 0.15) is 16.8 Å². The molecule has 2 aromatic heterocycles. The zero-order valence-corrected chi connectivity index (χ0v) is 12.9. The number of thiazole rings is 1. The van der Waals surface area contributed by atoms with Crippen LogP contribution in [-0.2, 0) is 16.6 Å². The number of hydrogen-bond donors (Lipinski definition) is 2. The van der Waals surface area contributed by atoms with Gasteiger partial charge < -0.3 is 5.32 Å². The minimum absolute atomic E-state index is 0.148. The molecule has 6 nitrogen and oxygen atoms in total. The molecule has 0 atom stereocenters. The van der Waals surface area contributed by atoms with Crippen molar-refractivity contribution in [2.45, 2.75) is 25.3 Å². The van der Waals surface area contributed by atoms with Gasteiger partial charge in [-0.3, -0.25) is 0 Å². The molecule has 0 spiro atoms. The van der Waals surface area contributed by atoms with E-state index >= 15 is 0 Å². The Labute approximate surface area is 122 Å². The van der Waals surface area contributed by atoms with Gasteiger partial charge in [-0.1, -0.05) is 0 Å². The number of rotatable bonds is 6. The van der Waals surface area contributed by atoms with Gasteiger partial charge in [-0.15, -0.1) is 11.3 Å². The summed E-state index contributed by atoms with van der Waals surface area (Å²) in [6, 6.07) is 3.13. The molecule has 0 bridgehead atoms. The highest BCUT2D eigenvalue weighted by molar-refractivity contribution is 7.89. The summed E-state index contributed by atoms with van der Waals surface area (Å²) in [5, 5.41) is 3.68. The summed E-state index contributed by atoms with van der Waals surface area (Å²) in [5.41, 5.74) is 0. The van der Waals surface area contributed by atoms with Gasteiger partial charge in [0, 0.05) is 23.8 Å². The highest BCUT2D eigenvalue weighted by Crippen LogP contribution is 2.18. The summed E-state index contributed by atoms with van der Waals surface area (Å²) in [7, 11) is -3.61. The third-order valence-electron chi connectivity index (χ3n) is 2.49. The first kappa shape index (κ1) is 14.9. The van der Waals surface area contributed by atoms with Gasteiger partial charge in [0.15, 0.2) is 0 Å². The maximum absolute atomic E-state index is 12.3. The van der Waals surface area contributed by atoms with Gasteiger partial charge in [0.25, 0.3) is 0 Å². The number of aryl methyl sites for hydroxylation is 1. The molecule has 8 heteroatoms. The van der Waals surface area contributed by atoms with Gasteiger partial charge in [0.2, 0.25) is 10.0 Å².